The molecule has 4 nitrogen and oxygen atoms in total. The van der Waals surface area contributed by atoms with Crippen LogP contribution in [0.25, 0.3) is 11.5 Å². The molecule has 0 atom stereocenters. The largest absolute Gasteiger partial charge is 0.334 e. The highest BCUT2D eigenvalue weighted by Crippen LogP contribution is 2.35. The molecule has 0 radical (unpaired) electrons. The van der Waals surface area contributed by atoms with Gasteiger partial charge in [-0.2, -0.15) is 4.98 Å². The number of nitrogens with two attached hydrogens (primary N) is 1. The van der Waals surface area contributed by atoms with Crippen molar-refractivity contribution in [1.29, 1.82) is 0 Å². The summed E-state index contributed by atoms with van der Waals surface area (Å²) >= 11 is 0. The molecule has 0 aliphatic heterocycles. The molecule has 1 aromatic heterocycles. The smallest absolute Gasteiger partial charge is 0.258 e. The molecule has 1 heterocycles. The quantitative estimate of drug-likeness (QED) is 0.897. The van der Waals surface area contributed by atoms with Gasteiger partial charge in [0, 0.05) is 5.56 Å². The zero-order valence-electron chi connectivity index (χ0n) is 11.4. The Balaban J connectivity index is 1.99. The van der Waals surface area contributed by atoms with Gasteiger partial charge in [-0.15, -0.1) is 0 Å². The van der Waals surface area contributed by atoms with E-state index < -0.39 is 0 Å². The fraction of sp³-hybridized carbons (Fsp3) is 0.467. The van der Waals surface area contributed by atoms with Gasteiger partial charge in [-0.05, 0) is 43.9 Å². The average Bonchev–Trinajstić information content (AvgIpc) is 3.02. The van der Waals surface area contributed by atoms with Gasteiger partial charge in [0.25, 0.3) is 5.89 Å². The molecule has 100 valence electrons. The highest BCUT2D eigenvalue weighted by atomic mass is 16.5. The second kappa shape index (κ2) is 4.46. The van der Waals surface area contributed by atoms with E-state index in [4.69, 9.17) is 10.3 Å². The minimum atomic E-state index is -0.389. The van der Waals surface area contributed by atoms with Gasteiger partial charge in [-0.1, -0.05) is 30.1 Å². The second-order valence-corrected chi connectivity index (χ2v) is 5.53. The Kier molecular flexibility index (Phi) is 2.90. The molecular weight excluding hydrogens is 238 g/mol. The monoisotopic (exact) mass is 257 g/mol. The van der Waals surface area contributed by atoms with Crippen LogP contribution in [0.3, 0.4) is 0 Å². The lowest BCUT2D eigenvalue weighted by Gasteiger charge is -2.17. The van der Waals surface area contributed by atoms with Crippen molar-refractivity contribution in [2.24, 2.45) is 5.73 Å². The minimum absolute atomic E-state index is 0.389. The van der Waals surface area contributed by atoms with Crippen molar-refractivity contribution < 1.29 is 4.52 Å². The summed E-state index contributed by atoms with van der Waals surface area (Å²) in [5, 5.41) is 4.11. The molecule has 1 saturated carbocycles. The Hall–Kier alpha value is -1.68. The first-order chi connectivity index (χ1) is 9.10. The van der Waals surface area contributed by atoms with Crippen LogP contribution in [0.15, 0.2) is 22.7 Å². The van der Waals surface area contributed by atoms with Gasteiger partial charge in [0.15, 0.2) is 5.82 Å². The molecule has 1 fully saturated rings. The number of benzene rings is 1. The van der Waals surface area contributed by atoms with Crippen LogP contribution >= 0.6 is 0 Å². The maximum Gasteiger partial charge on any atom is 0.258 e. The average molecular weight is 257 g/mol. The summed E-state index contributed by atoms with van der Waals surface area (Å²) in [7, 11) is 0. The topological polar surface area (TPSA) is 64.9 Å². The van der Waals surface area contributed by atoms with Gasteiger partial charge in [0.05, 0.1) is 5.54 Å². The van der Waals surface area contributed by atoms with Crippen molar-refractivity contribution in [3.8, 4) is 11.5 Å². The van der Waals surface area contributed by atoms with E-state index in [1.54, 1.807) is 0 Å². The van der Waals surface area contributed by atoms with Gasteiger partial charge in [-0.25, -0.2) is 0 Å². The lowest BCUT2D eigenvalue weighted by Crippen LogP contribution is -2.34. The first kappa shape index (κ1) is 12.4. The summed E-state index contributed by atoms with van der Waals surface area (Å²) in [6.45, 7) is 4.15. The zero-order chi connectivity index (χ0) is 13.5. The Morgan fingerprint density at radius 2 is 1.95 bits per heavy atom. The van der Waals surface area contributed by atoms with E-state index in [0.717, 1.165) is 31.2 Å². The molecular formula is C15H19N3O. The molecule has 0 spiro atoms. The molecule has 0 unspecified atom stereocenters. The lowest BCUT2D eigenvalue weighted by molar-refractivity contribution is 0.372. The normalized spacial score (nSPS) is 17.8. The van der Waals surface area contributed by atoms with E-state index in [1.807, 2.05) is 12.1 Å². The molecule has 19 heavy (non-hydrogen) atoms. The number of hydrogen-bond acceptors (Lipinski definition) is 4. The maximum atomic E-state index is 6.35. The SMILES string of the molecule is Cc1cccc(-c2nc(C3(N)CCCC3)no2)c1C. The number of nitrogens with zero attached hydrogens (tertiary/aromatic N) is 2. The van der Waals surface area contributed by atoms with Gasteiger partial charge < -0.3 is 10.3 Å². The summed E-state index contributed by atoms with van der Waals surface area (Å²) in [5.41, 5.74) is 9.36. The van der Waals surface area contributed by atoms with Gasteiger partial charge in [0.1, 0.15) is 0 Å². The lowest BCUT2D eigenvalue weighted by atomic mass is 9.98. The van der Waals surface area contributed by atoms with Crippen molar-refractivity contribution in [1.82, 2.24) is 10.1 Å². The van der Waals surface area contributed by atoms with Crippen molar-refractivity contribution in [3.05, 3.63) is 35.2 Å². The van der Waals surface area contributed by atoms with Crippen molar-refractivity contribution >= 4 is 0 Å². The van der Waals surface area contributed by atoms with E-state index in [0.29, 0.717) is 11.7 Å². The number of rotatable bonds is 2. The molecule has 1 aliphatic carbocycles. The predicted octanol–water partition coefficient (Wildman–Crippen LogP) is 3.08. The van der Waals surface area contributed by atoms with Gasteiger partial charge >= 0.3 is 0 Å². The number of aryl methyl sites for hydroxylation is 1. The predicted molar refractivity (Wildman–Crippen MR) is 73.5 cm³/mol. The number of aromatic nitrogens is 2. The third kappa shape index (κ3) is 2.06. The Morgan fingerprint density at radius 1 is 1.21 bits per heavy atom. The fourth-order valence-electron chi connectivity index (χ4n) is 2.75. The number of hydrogen-bond donors (Lipinski definition) is 1. The van der Waals surface area contributed by atoms with Crippen LogP contribution in [0.1, 0.15) is 42.6 Å². The molecule has 2 N–H and O–H groups in total. The van der Waals surface area contributed by atoms with Crippen LogP contribution in [0, 0.1) is 13.8 Å². The zero-order valence-corrected chi connectivity index (χ0v) is 11.4. The minimum Gasteiger partial charge on any atom is -0.334 e. The third-order valence-corrected chi connectivity index (χ3v) is 4.20. The van der Waals surface area contributed by atoms with Crippen LogP contribution in [0.4, 0.5) is 0 Å². The van der Waals surface area contributed by atoms with E-state index in [1.165, 1.54) is 11.1 Å². The molecule has 0 saturated heterocycles. The molecule has 0 amide bonds. The van der Waals surface area contributed by atoms with E-state index in [2.05, 4.69) is 30.1 Å². The van der Waals surface area contributed by atoms with Crippen LogP contribution in [0.5, 0.6) is 0 Å². The van der Waals surface area contributed by atoms with Gasteiger partial charge in [0.2, 0.25) is 0 Å². The van der Waals surface area contributed by atoms with Crippen LogP contribution in [-0.2, 0) is 5.54 Å². The highest BCUT2D eigenvalue weighted by Gasteiger charge is 2.36. The maximum absolute atomic E-state index is 6.35. The molecule has 4 heteroatoms. The molecule has 3 rings (SSSR count). The van der Waals surface area contributed by atoms with Crippen molar-refractivity contribution in [3.63, 3.8) is 0 Å². The van der Waals surface area contributed by atoms with E-state index >= 15 is 0 Å². The standard InChI is InChI=1S/C15H19N3O/c1-10-6-5-7-12(11(10)2)13-17-14(18-19-13)15(16)8-3-4-9-15/h5-7H,3-4,8-9,16H2,1-2H3. The third-order valence-electron chi connectivity index (χ3n) is 4.20. The van der Waals surface area contributed by atoms with E-state index in [-0.39, 0.29) is 5.54 Å². The first-order valence-corrected chi connectivity index (χ1v) is 6.80. The van der Waals surface area contributed by atoms with Crippen molar-refractivity contribution in [2.45, 2.75) is 45.1 Å². The fourth-order valence-corrected chi connectivity index (χ4v) is 2.75. The second-order valence-electron chi connectivity index (χ2n) is 5.53. The van der Waals surface area contributed by atoms with Crippen LogP contribution < -0.4 is 5.73 Å². The summed E-state index contributed by atoms with van der Waals surface area (Å²) in [6.07, 6.45) is 4.17. The highest BCUT2D eigenvalue weighted by molar-refractivity contribution is 5.60. The van der Waals surface area contributed by atoms with E-state index in [9.17, 15) is 0 Å². The summed E-state index contributed by atoms with van der Waals surface area (Å²) in [4.78, 5) is 4.53. The molecule has 1 aromatic carbocycles. The Bertz CT molecular complexity index is 597. The molecule has 0 bridgehead atoms. The van der Waals surface area contributed by atoms with Gasteiger partial charge in [-0.3, -0.25) is 0 Å². The van der Waals surface area contributed by atoms with Crippen LogP contribution in [0.2, 0.25) is 0 Å². The molecule has 2 aromatic rings. The Morgan fingerprint density at radius 3 is 2.68 bits per heavy atom. The van der Waals surface area contributed by atoms with Crippen molar-refractivity contribution in [2.75, 3.05) is 0 Å². The summed E-state index contributed by atoms with van der Waals surface area (Å²) in [6, 6.07) is 6.10. The molecule has 1 aliphatic rings. The summed E-state index contributed by atoms with van der Waals surface area (Å²) in [5.74, 6) is 1.23. The first-order valence-electron chi connectivity index (χ1n) is 6.80. The van der Waals surface area contributed by atoms with Crippen LogP contribution in [-0.4, -0.2) is 10.1 Å². The summed E-state index contributed by atoms with van der Waals surface area (Å²) < 4.78 is 5.42. The Labute approximate surface area is 113 Å².